The van der Waals surface area contributed by atoms with Crippen molar-refractivity contribution >= 4 is 11.6 Å². The van der Waals surface area contributed by atoms with E-state index in [1.807, 2.05) is 0 Å². The van der Waals surface area contributed by atoms with Gasteiger partial charge in [-0.25, -0.2) is 0 Å². The standard InChI is InChI=1S/C16H24N2O2/c1-11-6-3-4-7-12(11)10-18-16(19)13-8-5-9-14(17)15(13)20-2/h5,8-9,11-12H,3-4,6-7,10,17H2,1-2H3,(H,18,19). The molecule has 1 aliphatic carbocycles. The van der Waals surface area contributed by atoms with Crippen LogP contribution in [-0.4, -0.2) is 19.6 Å². The zero-order valence-corrected chi connectivity index (χ0v) is 12.3. The van der Waals surface area contributed by atoms with E-state index < -0.39 is 0 Å². The number of nitrogens with two attached hydrogens (primary N) is 1. The van der Waals surface area contributed by atoms with Gasteiger partial charge in [0.15, 0.2) is 5.75 Å². The summed E-state index contributed by atoms with van der Waals surface area (Å²) in [5.74, 6) is 1.63. The van der Waals surface area contributed by atoms with Crippen LogP contribution in [0.25, 0.3) is 0 Å². The summed E-state index contributed by atoms with van der Waals surface area (Å²) in [6.07, 6.45) is 5.05. The number of hydrogen-bond acceptors (Lipinski definition) is 3. The Hall–Kier alpha value is -1.71. The molecule has 1 amide bonds. The van der Waals surface area contributed by atoms with E-state index in [0.717, 1.165) is 6.54 Å². The van der Waals surface area contributed by atoms with Gasteiger partial charge in [0, 0.05) is 6.54 Å². The average molecular weight is 276 g/mol. The lowest BCUT2D eigenvalue weighted by Crippen LogP contribution is -2.33. The van der Waals surface area contributed by atoms with Gasteiger partial charge in [-0.3, -0.25) is 4.79 Å². The van der Waals surface area contributed by atoms with Crippen molar-refractivity contribution in [3.63, 3.8) is 0 Å². The second kappa shape index (κ2) is 6.64. The summed E-state index contributed by atoms with van der Waals surface area (Å²) < 4.78 is 5.22. The van der Waals surface area contributed by atoms with Crippen molar-refractivity contribution in [1.82, 2.24) is 5.32 Å². The van der Waals surface area contributed by atoms with E-state index in [9.17, 15) is 4.79 Å². The van der Waals surface area contributed by atoms with Crippen LogP contribution in [0, 0.1) is 11.8 Å². The first kappa shape index (κ1) is 14.7. The molecule has 1 fully saturated rings. The second-order valence-corrected chi connectivity index (χ2v) is 5.66. The molecular weight excluding hydrogens is 252 g/mol. The molecule has 1 aliphatic rings. The number of anilines is 1. The smallest absolute Gasteiger partial charge is 0.255 e. The number of nitrogen functional groups attached to an aromatic ring is 1. The van der Waals surface area contributed by atoms with Crippen molar-refractivity contribution in [3.8, 4) is 5.75 Å². The highest BCUT2D eigenvalue weighted by atomic mass is 16.5. The fraction of sp³-hybridized carbons (Fsp3) is 0.562. The normalized spacial score (nSPS) is 22.3. The zero-order valence-electron chi connectivity index (χ0n) is 12.3. The summed E-state index contributed by atoms with van der Waals surface area (Å²) in [6.45, 7) is 3.01. The van der Waals surface area contributed by atoms with E-state index in [2.05, 4.69) is 12.2 Å². The van der Waals surface area contributed by atoms with Crippen LogP contribution in [0.5, 0.6) is 5.75 Å². The fourth-order valence-corrected chi connectivity index (χ4v) is 2.98. The molecule has 0 bridgehead atoms. The van der Waals surface area contributed by atoms with Crippen LogP contribution in [0.4, 0.5) is 5.69 Å². The predicted octanol–water partition coefficient (Wildman–Crippen LogP) is 2.83. The number of amides is 1. The number of carbonyl (C=O) groups excluding carboxylic acids is 1. The Morgan fingerprint density at radius 3 is 2.85 bits per heavy atom. The summed E-state index contributed by atoms with van der Waals surface area (Å²) in [5, 5.41) is 3.03. The van der Waals surface area contributed by atoms with Gasteiger partial charge in [0.25, 0.3) is 5.91 Å². The number of benzene rings is 1. The lowest BCUT2D eigenvalue weighted by atomic mass is 9.80. The Morgan fingerprint density at radius 1 is 1.40 bits per heavy atom. The highest BCUT2D eigenvalue weighted by Gasteiger charge is 2.22. The maximum atomic E-state index is 12.3. The molecule has 2 unspecified atom stereocenters. The number of carbonyl (C=O) groups is 1. The molecule has 110 valence electrons. The van der Waals surface area contributed by atoms with Crippen molar-refractivity contribution in [2.24, 2.45) is 11.8 Å². The third kappa shape index (κ3) is 3.24. The number of ether oxygens (including phenoxy) is 1. The number of rotatable bonds is 4. The Balaban J connectivity index is 2.00. The van der Waals surface area contributed by atoms with Crippen LogP contribution in [0.1, 0.15) is 43.0 Å². The zero-order chi connectivity index (χ0) is 14.5. The molecule has 0 aliphatic heterocycles. The van der Waals surface area contributed by atoms with Gasteiger partial charge in [-0.05, 0) is 30.4 Å². The molecule has 2 rings (SSSR count). The van der Waals surface area contributed by atoms with Crippen LogP contribution in [0.15, 0.2) is 18.2 Å². The number of nitrogens with one attached hydrogen (secondary N) is 1. The number of para-hydroxylation sites is 1. The molecule has 3 N–H and O–H groups in total. The van der Waals surface area contributed by atoms with Crippen LogP contribution in [0.2, 0.25) is 0 Å². The molecular formula is C16H24N2O2. The van der Waals surface area contributed by atoms with E-state index in [4.69, 9.17) is 10.5 Å². The molecule has 20 heavy (non-hydrogen) atoms. The van der Waals surface area contributed by atoms with E-state index in [1.165, 1.54) is 32.8 Å². The van der Waals surface area contributed by atoms with Gasteiger partial charge in [0.2, 0.25) is 0 Å². The molecule has 4 nitrogen and oxygen atoms in total. The Labute approximate surface area is 120 Å². The van der Waals surface area contributed by atoms with Gasteiger partial charge in [-0.2, -0.15) is 0 Å². The molecule has 0 spiro atoms. The van der Waals surface area contributed by atoms with Crippen LogP contribution < -0.4 is 15.8 Å². The molecule has 0 aromatic heterocycles. The van der Waals surface area contributed by atoms with Crippen molar-refractivity contribution in [1.29, 1.82) is 0 Å². The third-order valence-corrected chi connectivity index (χ3v) is 4.31. The minimum Gasteiger partial charge on any atom is -0.494 e. The summed E-state index contributed by atoms with van der Waals surface area (Å²) in [7, 11) is 1.53. The van der Waals surface area contributed by atoms with Crippen molar-refractivity contribution in [3.05, 3.63) is 23.8 Å². The second-order valence-electron chi connectivity index (χ2n) is 5.66. The first-order chi connectivity index (χ1) is 9.63. The molecule has 2 atom stereocenters. The van der Waals surface area contributed by atoms with E-state index in [0.29, 0.717) is 28.8 Å². The summed E-state index contributed by atoms with van der Waals surface area (Å²) in [5.41, 5.74) is 6.83. The first-order valence-corrected chi connectivity index (χ1v) is 7.34. The lowest BCUT2D eigenvalue weighted by molar-refractivity contribution is 0.0933. The van der Waals surface area contributed by atoms with Gasteiger partial charge in [0.1, 0.15) is 0 Å². The highest BCUT2D eigenvalue weighted by molar-refractivity contribution is 5.98. The van der Waals surface area contributed by atoms with Crippen molar-refractivity contribution in [2.75, 3.05) is 19.4 Å². The summed E-state index contributed by atoms with van der Waals surface area (Å²) in [6, 6.07) is 5.25. The summed E-state index contributed by atoms with van der Waals surface area (Å²) >= 11 is 0. The van der Waals surface area contributed by atoms with Crippen LogP contribution in [0.3, 0.4) is 0 Å². The van der Waals surface area contributed by atoms with Gasteiger partial charge >= 0.3 is 0 Å². The van der Waals surface area contributed by atoms with Gasteiger partial charge in [-0.1, -0.05) is 32.3 Å². The van der Waals surface area contributed by atoms with Gasteiger partial charge in [-0.15, -0.1) is 0 Å². The van der Waals surface area contributed by atoms with Crippen LogP contribution in [-0.2, 0) is 0 Å². The van der Waals surface area contributed by atoms with Crippen molar-refractivity contribution in [2.45, 2.75) is 32.6 Å². The number of hydrogen-bond donors (Lipinski definition) is 2. The minimum atomic E-state index is -0.105. The molecule has 1 aromatic rings. The van der Waals surface area contributed by atoms with E-state index >= 15 is 0 Å². The minimum absolute atomic E-state index is 0.105. The average Bonchev–Trinajstić information content (AvgIpc) is 2.46. The molecule has 1 aromatic carbocycles. The highest BCUT2D eigenvalue weighted by Crippen LogP contribution is 2.29. The molecule has 4 heteroatoms. The SMILES string of the molecule is COc1c(N)cccc1C(=O)NCC1CCCCC1C. The summed E-state index contributed by atoms with van der Waals surface area (Å²) in [4.78, 5) is 12.3. The topological polar surface area (TPSA) is 64.3 Å². The third-order valence-electron chi connectivity index (χ3n) is 4.31. The van der Waals surface area contributed by atoms with Gasteiger partial charge < -0.3 is 15.8 Å². The quantitative estimate of drug-likeness (QED) is 0.831. The Morgan fingerprint density at radius 2 is 2.15 bits per heavy atom. The first-order valence-electron chi connectivity index (χ1n) is 7.34. The maximum Gasteiger partial charge on any atom is 0.255 e. The fourth-order valence-electron chi connectivity index (χ4n) is 2.98. The van der Waals surface area contributed by atoms with E-state index in [-0.39, 0.29) is 5.91 Å². The van der Waals surface area contributed by atoms with Crippen LogP contribution >= 0.6 is 0 Å². The molecule has 1 saturated carbocycles. The monoisotopic (exact) mass is 276 g/mol. The lowest BCUT2D eigenvalue weighted by Gasteiger charge is -2.28. The Kier molecular flexibility index (Phi) is 4.88. The predicted molar refractivity (Wildman–Crippen MR) is 80.9 cm³/mol. The maximum absolute atomic E-state index is 12.3. The largest absolute Gasteiger partial charge is 0.494 e. The van der Waals surface area contributed by atoms with Gasteiger partial charge in [0.05, 0.1) is 18.4 Å². The molecule has 0 saturated heterocycles. The Bertz CT molecular complexity index is 474. The molecule has 0 radical (unpaired) electrons. The van der Waals surface area contributed by atoms with E-state index in [1.54, 1.807) is 18.2 Å². The number of methoxy groups -OCH3 is 1. The molecule has 0 heterocycles. The van der Waals surface area contributed by atoms with Crippen molar-refractivity contribution < 1.29 is 9.53 Å².